The lowest BCUT2D eigenvalue weighted by Crippen LogP contribution is -2.18. The third-order valence-electron chi connectivity index (χ3n) is 5.67. The van der Waals surface area contributed by atoms with Crippen LogP contribution >= 0.6 is 0 Å². The summed E-state index contributed by atoms with van der Waals surface area (Å²) in [6, 6.07) is 27.5. The van der Waals surface area contributed by atoms with Crippen molar-refractivity contribution in [2.24, 2.45) is 0 Å². The van der Waals surface area contributed by atoms with E-state index < -0.39 is 17.5 Å². The fourth-order valence-electron chi connectivity index (χ4n) is 3.91. The molecule has 0 saturated heterocycles. The Morgan fingerprint density at radius 2 is 1.42 bits per heavy atom. The molecule has 0 spiro atoms. The summed E-state index contributed by atoms with van der Waals surface area (Å²) in [5.41, 5.74) is 3.57. The molecule has 0 fully saturated rings. The Morgan fingerprint density at radius 1 is 0.722 bits per heavy atom. The zero-order chi connectivity index (χ0) is 25.1. The minimum atomic E-state index is -1.09. The molecule has 4 aromatic carbocycles. The van der Waals surface area contributed by atoms with Crippen LogP contribution in [0.1, 0.15) is 16.1 Å². The monoisotopic (exact) mass is 482 g/mol. The number of carbonyl (C=O) groups is 2. The van der Waals surface area contributed by atoms with Crippen LogP contribution in [0.5, 0.6) is 0 Å². The Hall–Kier alpha value is -4.78. The Bertz CT molecular complexity index is 1560. The molecule has 0 aliphatic carbocycles. The molecule has 0 radical (unpaired) electrons. The second kappa shape index (κ2) is 9.84. The van der Waals surface area contributed by atoms with Gasteiger partial charge in [0, 0.05) is 17.1 Å². The fourth-order valence-corrected chi connectivity index (χ4v) is 3.91. The summed E-state index contributed by atoms with van der Waals surface area (Å²) in [4.78, 5) is 25.9. The molecule has 178 valence electrons. The maximum atomic E-state index is 13.6. The van der Waals surface area contributed by atoms with E-state index in [0.717, 1.165) is 28.8 Å². The molecule has 5 nitrogen and oxygen atoms in total. The van der Waals surface area contributed by atoms with Gasteiger partial charge in [-0.3, -0.25) is 9.59 Å². The standard InChI is InChI=1S/C29H20F2N2O3/c30-23-15-14-21(17-24(23)31)32-29(35)28-27(22-8-4-5-9-25(22)36-28)33-26(34)16-18-10-12-20(13-11-18)19-6-2-1-3-7-19/h1-15,17H,16H2,(H,32,35)(H,33,34). The highest BCUT2D eigenvalue weighted by atomic mass is 19.2. The molecule has 5 rings (SSSR count). The van der Waals surface area contributed by atoms with Gasteiger partial charge < -0.3 is 15.1 Å². The van der Waals surface area contributed by atoms with E-state index in [9.17, 15) is 18.4 Å². The maximum absolute atomic E-state index is 13.6. The number of hydrogen-bond acceptors (Lipinski definition) is 3. The van der Waals surface area contributed by atoms with Crippen molar-refractivity contribution in [3.63, 3.8) is 0 Å². The molecule has 36 heavy (non-hydrogen) atoms. The number of amides is 2. The van der Waals surface area contributed by atoms with Crippen LogP contribution in [-0.4, -0.2) is 11.8 Å². The molecule has 0 aliphatic heterocycles. The van der Waals surface area contributed by atoms with E-state index in [1.54, 1.807) is 24.3 Å². The first-order valence-corrected chi connectivity index (χ1v) is 11.2. The zero-order valence-corrected chi connectivity index (χ0v) is 18.9. The highest BCUT2D eigenvalue weighted by molar-refractivity contribution is 6.14. The van der Waals surface area contributed by atoms with Crippen LogP contribution < -0.4 is 10.6 Å². The molecule has 0 aliphatic rings. The SMILES string of the molecule is O=C(Cc1ccc(-c2ccccc2)cc1)Nc1c(C(=O)Nc2ccc(F)c(F)c2)oc2ccccc12. The lowest BCUT2D eigenvalue weighted by molar-refractivity contribution is -0.115. The lowest BCUT2D eigenvalue weighted by Gasteiger charge is -2.08. The van der Waals surface area contributed by atoms with Gasteiger partial charge in [-0.15, -0.1) is 0 Å². The number of halogens is 2. The van der Waals surface area contributed by atoms with Gasteiger partial charge in [-0.05, 0) is 41.0 Å². The zero-order valence-electron chi connectivity index (χ0n) is 18.9. The molecule has 0 bridgehead atoms. The summed E-state index contributed by atoms with van der Waals surface area (Å²) in [6.45, 7) is 0. The molecular weight excluding hydrogens is 462 g/mol. The first-order chi connectivity index (χ1) is 17.5. The topological polar surface area (TPSA) is 71.3 Å². The quantitative estimate of drug-likeness (QED) is 0.279. The van der Waals surface area contributed by atoms with Gasteiger partial charge in [0.05, 0.1) is 6.42 Å². The smallest absolute Gasteiger partial charge is 0.293 e. The minimum absolute atomic E-state index is 0.0511. The summed E-state index contributed by atoms with van der Waals surface area (Å²) in [7, 11) is 0. The van der Waals surface area contributed by atoms with Gasteiger partial charge in [-0.1, -0.05) is 66.7 Å². The number of furan rings is 1. The highest BCUT2D eigenvalue weighted by Crippen LogP contribution is 2.32. The van der Waals surface area contributed by atoms with E-state index in [1.165, 1.54) is 6.07 Å². The van der Waals surface area contributed by atoms with Gasteiger partial charge >= 0.3 is 0 Å². The molecule has 2 amide bonds. The Kier molecular flexibility index (Phi) is 6.28. The van der Waals surface area contributed by atoms with Crippen LogP contribution in [0.2, 0.25) is 0 Å². The van der Waals surface area contributed by atoms with Gasteiger partial charge in [0.25, 0.3) is 5.91 Å². The summed E-state index contributed by atoms with van der Waals surface area (Å²) < 4.78 is 32.5. The predicted molar refractivity (Wildman–Crippen MR) is 135 cm³/mol. The normalized spacial score (nSPS) is 10.8. The van der Waals surface area contributed by atoms with E-state index in [1.807, 2.05) is 54.6 Å². The Labute approximate surface area is 205 Å². The van der Waals surface area contributed by atoms with E-state index >= 15 is 0 Å². The van der Waals surface area contributed by atoms with Crippen molar-refractivity contribution in [2.45, 2.75) is 6.42 Å². The first kappa shape index (κ1) is 23.0. The number of rotatable bonds is 6. The van der Waals surface area contributed by atoms with E-state index in [0.29, 0.717) is 11.0 Å². The second-order valence-corrected chi connectivity index (χ2v) is 8.17. The van der Waals surface area contributed by atoms with E-state index in [2.05, 4.69) is 10.6 Å². The summed E-state index contributed by atoms with van der Waals surface area (Å²) in [6.07, 6.45) is 0.0822. The van der Waals surface area contributed by atoms with Crippen molar-refractivity contribution in [2.75, 3.05) is 10.6 Å². The second-order valence-electron chi connectivity index (χ2n) is 8.17. The van der Waals surface area contributed by atoms with Crippen LogP contribution in [-0.2, 0) is 11.2 Å². The van der Waals surface area contributed by atoms with E-state index in [4.69, 9.17) is 4.42 Å². The minimum Gasteiger partial charge on any atom is -0.449 e. The van der Waals surface area contributed by atoms with Crippen LogP contribution in [0.3, 0.4) is 0 Å². The van der Waals surface area contributed by atoms with Gasteiger partial charge in [0.1, 0.15) is 11.3 Å². The molecule has 7 heteroatoms. The Balaban J connectivity index is 1.36. The molecule has 1 heterocycles. The largest absolute Gasteiger partial charge is 0.449 e. The summed E-state index contributed by atoms with van der Waals surface area (Å²) in [5.74, 6) is -3.31. The Morgan fingerprint density at radius 3 is 2.17 bits per heavy atom. The third kappa shape index (κ3) is 4.86. The number of hydrogen-bond donors (Lipinski definition) is 2. The molecule has 0 unspecified atom stereocenters. The molecule has 0 saturated carbocycles. The van der Waals surface area contributed by atoms with Crippen LogP contribution in [0.15, 0.2) is 101 Å². The average Bonchev–Trinajstić information content (AvgIpc) is 3.25. The number of anilines is 2. The highest BCUT2D eigenvalue weighted by Gasteiger charge is 2.23. The van der Waals surface area contributed by atoms with Gasteiger partial charge in [-0.2, -0.15) is 0 Å². The van der Waals surface area contributed by atoms with Crippen LogP contribution in [0.25, 0.3) is 22.1 Å². The number of carbonyl (C=O) groups excluding carboxylic acids is 2. The van der Waals surface area contributed by atoms with Crippen molar-refractivity contribution >= 4 is 34.2 Å². The van der Waals surface area contributed by atoms with Gasteiger partial charge in [0.2, 0.25) is 11.7 Å². The summed E-state index contributed by atoms with van der Waals surface area (Å²) in [5, 5.41) is 5.81. The number of para-hydroxylation sites is 1. The molecular formula is C29H20F2N2O3. The number of nitrogens with one attached hydrogen (secondary N) is 2. The molecule has 0 atom stereocenters. The van der Waals surface area contributed by atoms with Crippen molar-refractivity contribution in [1.82, 2.24) is 0 Å². The molecule has 2 N–H and O–H groups in total. The van der Waals surface area contributed by atoms with Gasteiger partial charge in [-0.25, -0.2) is 8.78 Å². The number of fused-ring (bicyclic) bond motifs is 1. The summed E-state index contributed by atoms with van der Waals surface area (Å²) >= 11 is 0. The van der Waals surface area contributed by atoms with Crippen LogP contribution in [0, 0.1) is 11.6 Å². The van der Waals surface area contributed by atoms with Crippen molar-refractivity contribution in [1.29, 1.82) is 0 Å². The third-order valence-corrected chi connectivity index (χ3v) is 5.67. The molecule has 1 aromatic heterocycles. The molecule has 5 aromatic rings. The lowest BCUT2D eigenvalue weighted by atomic mass is 10.0. The predicted octanol–water partition coefficient (Wildman–Crippen LogP) is 6.81. The van der Waals surface area contributed by atoms with E-state index in [-0.39, 0.29) is 29.5 Å². The number of benzene rings is 4. The first-order valence-electron chi connectivity index (χ1n) is 11.2. The fraction of sp³-hybridized carbons (Fsp3) is 0.0345. The van der Waals surface area contributed by atoms with Crippen molar-refractivity contribution in [3.05, 3.63) is 120 Å². The van der Waals surface area contributed by atoms with Gasteiger partial charge in [0.15, 0.2) is 11.6 Å². The maximum Gasteiger partial charge on any atom is 0.293 e. The van der Waals surface area contributed by atoms with Crippen molar-refractivity contribution < 1.29 is 22.8 Å². The van der Waals surface area contributed by atoms with Crippen LogP contribution in [0.4, 0.5) is 20.2 Å². The van der Waals surface area contributed by atoms with Crippen molar-refractivity contribution in [3.8, 4) is 11.1 Å². The average molecular weight is 482 g/mol.